The van der Waals surface area contributed by atoms with Crippen LogP contribution >= 0.6 is 11.3 Å². The predicted octanol–water partition coefficient (Wildman–Crippen LogP) is 3.27. The number of rotatable bonds is 5. The number of nitrogens with zero attached hydrogens (tertiary/aromatic N) is 2. The molecule has 0 saturated carbocycles. The van der Waals surface area contributed by atoms with E-state index in [-0.39, 0.29) is 25.0 Å². The number of esters is 1. The first kappa shape index (κ1) is 20.5. The molecule has 150 valence electrons. The average molecular weight is 411 g/mol. The SMILES string of the molecule is CCOC(=O)Cn1c(=NC(=O)c2ccccc2C)sc2cc(NC(C)=O)ccc21. The number of aromatic nitrogens is 1. The number of carbonyl (C=O) groups is 3. The summed E-state index contributed by atoms with van der Waals surface area (Å²) in [6, 6.07) is 12.5. The van der Waals surface area contributed by atoms with Crippen LogP contribution in [-0.4, -0.2) is 29.0 Å². The molecule has 0 aliphatic carbocycles. The standard InChI is InChI=1S/C21H21N3O4S/c1-4-28-19(26)12-24-17-10-9-15(22-14(3)25)11-18(17)29-21(24)23-20(27)16-8-6-5-7-13(16)2/h5-11H,4,12H2,1-3H3,(H,22,25). The number of benzene rings is 2. The van der Waals surface area contributed by atoms with Crippen LogP contribution in [0.4, 0.5) is 5.69 Å². The van der Waals surface area contributed by atoms with E-state index >= 15 is 0 Å². The highest BCUT2D eigenvalue weighted by Crippen LogP contribution is 2.22. The molecule has 2 amide bonds. The van der Waals surface area contributed by atoms with Gasteiger partial charge in [-0.25, -0.2) is 0 Å². The lowest BCUT2D eigenvalue weighted by Gasteiger charge is -2.06. The number of nitrogens with one attached hydrogen (secondary N) is 1. The molecule has 0 unspecified atom stereocenters. The van der Waals surface area contributed by atoms with Crippen LogP contribution in [-0.2, 0) is 20.9 Å². The molecule has 1 heterocycles. The van der Waals surface area contributed by atoms with Crippen LogP contribution in [0.25, 0.3) is 10.2 Å². The summed E-state index contributed by atoms with van der Waals surface area (Å²) >= 11 is 1.27. The Labute approximate surface area is 171 Å². The minimum absolute atomic E-state index is 0.0623. The molecule has 2 aromatic carbocycles. The number of ether oxygens (including phenoxy) is 1. The largest absolute Gasteiger partial charge is 0.465 e. The number of carbonyl (C=O) groups excluding carboxylic acids is 3. The average Bonchev–Trinajstić information content (AvgIpc) is 2.98. The van der Waals surface area contributed by atoms with Crippen LogP contribution in [0.2, 0.25) is 0 Å². The van der Waals surface area contributed by atoms with E-state index < -0.39 is 5.97 Å². The highest BCUT2D eigenvalue weighted by molar-refractivity contribution is 7.16. The molecule has 8 heteroatoms. The van der Waals surface area contributed by atoms with Gasteiger partial charge in [0.1, 0.15) is 6.54 Å². The van der Waals surface area contributed by atoms with E-state index in [0.29, 0.717) is 16.1 Å². The van der Waals surface area contributed by atoms with Crippen LogP contribution in [0.15, 0.2) is 47.5 Å². The van der Waals surface area contributed by atoms with E-state index in [2.05, 4.69) is 10.3 Å². The monoisotopic (exact) mass is 411 g/mol. The third-order valence-electron chi connectivity index (χ3n) is 4.17. The van der Waals surface area contributed by atoms with Gasteiger partial charge >= 0.3 is 5.97 Å². The Morgan fingerprint density at radius 1 is 1.17 bits per heavy atom. The lowest BCUT2D eigenvalue weighted by atomic mass is 10.1. The zero-order valence-corrected chi connectivity index (χ0v) is 17.2. The third kappa shape index (κ3) is 4.78. The van der Waals surface area contributed by atoms with Crippen molar-refractivity contribution in [1.82, 2.24) is 4.57 Å². The van der Waals surface area contributed by atoms with Crippen molar-refractivity contribution >= 4 is 45.0 Å². The van der Waals surface area contributed by atoms with E-state index in [0.717, 1.165) is 15.8 Å². The summed E-state index contributed by atoms with van der Waals surface area (Å²) < 4.78 is 7.51. The van der Waals surface area contributed by atoms with Crippen molar-refractivity contribution in [3.8, 4) is 0 Å². The minimum atomic E-state index is -0.414. The van der Waals surface area contributed by atoms with Crippen molar-refractivity contribution < 1.29 is 19.1 Å². The molecule has 0 fully saturated rings. The van der Waals surface area contributed by atoms with Crippen LogP contribution in [0.5, 0.6) is 0 Å². The zero-order valence-electron chi connectivity index (χ0n) is 16.4. The second kappa shape index (κ2) is 8.83. The molecule has 3 rings (SSSR count). The Morgan fingerprint density at radius 3 is 2.62 bits per heavy atom. The Hall–Kier alpha value is -3.26. The summed E-state index contributed by atoms with van der Waals surface area (Å²) in [6.07, 6.45) is 0. The van der Waals surface area contributed by atoms with Gasteiger partial charge in [-0.3, -0.25) is 14.4 Å². The Balaban J connectivity index is 2.12. The lowest BCUT2D eigenvalue weighted by molar-refractivity contribution is -0.143. The maximum absolute atomic E-state index is 12.7. The van der Waals surface area contributed by atoms with Crippen molar-refractivity contribution in [2.24, 2.45) is 4.99 Å². The summed E-state index contributed by atoms with van der Waals surface area (Å²) in [5, 5.41) is 2.73. The van der Waals surface area contributed by atoms with E-state index in [4.69, 9.17) is 4.74 Å². The van der Waals surface area contributed by atoms with Crippen LogP contribution in [0, 0.1) is 6.92 Å². The first-order valence-electron chi connectivity index (χ1n) is 9.10. The van der Waals surface area contributed by atoms with Gasteiger partial charge in [0.25, 0.3) is 5.91 Å². The zero-order chi connectivity index (χ0) is 21.0. The predicted molar refractivity (Wildman–Crippen MR) is 112 cm³/mol. The molecule has 7 nitrogen and oxygen atoms in total. The molecule has 3 aromatic rings. The number of aryl methyl sites for hydroxylation is 1. The van der Waals surface area contributed by atoms with Gasteiger partial charge in [-0.15, -0.1) is 0 Å². The molecule has 1 N–H and O–H groups in total. The molecule has 0 atom stereocenters. The number of thiazole rings is 1. The fraction of sp³-hybridized carbons (Fsp3) is 0.238. The second-order valence-corrected chi connectivity index (χ2v) is 7.38. The Bertz CT molecular complexity index is 1160. The van der Waals surface area contributed by atoms with Gasteiger partial charge in [0, 0.05) is 18.2 Å². The van der Waals surface area contributed by atoms with Crippen LogP contribution in [0.3, 0.4) is 0 Å². The van der Waals surface area contributed by atoms with Gasteiger partial charge < -0.3 is 14.6 Å². The van der Waals surface area contributed by atoms with Crippen molar-refractivity contribution in [3.05, 3.63) is 58.4 Å². The molecule has 0 spiro atoms. The summed E-state index contributed by atoms with van der Waals surface area (Å²) in [7, 11) is 0. The second-order valence-electron chi connectivity index (χ2n) is 6.37. The molecular weight excluding hydrogens is 390 g/mol. The van der Waals surface area contributed by atoms with Gasteiger partial charge in [-0.1, -0.05) is 29.5 Å². The van der Waals surface area contributed by atoms with Crippen molar-refractivity contribution in [2.45, 2.75) is 27.3 Å². The van der Waals surface area contributed by atoms with Crippen LogP contribution < -0.4 is 10.1 Å². The van der Waals surface area contributed by atoms with Crippen molar-refractivity contribution in [3.63, 3.8) is 0 Å². The van der Waals surface area contributed by atoms with Gasteiger partial charge in [0.2, 0.25) is 5.91 Å². The van der Waals surface area contributed by atoms with E-state index in [1.54, 1.807) is 41.8 Å². The fourth-order valence-corrected chi connectivity index (χ4v) is 3.96. The maximum atomic E-state index is 12.7. The smallest absolute Gasteiger partial charge is 0.326 e. The number of fused-ring (bicyclic) bond motifs is 1. The number of anilines is 1. The fourth-order valence-electron chi connectivity index (χ4n) is 2.89. The van der Waals surface area contributed by atoms with Gasteiger partial charge in [0.15, 0.2) is 4.80 Å². The number of hydrogen-bond acceptors (Lipinski definition) is 5. The maximum Gasteiger partial charge on any atom is 0.326 e. The third-order valence-corrected chi connectivity index (χ3v) is 5.21. The minimum Gasteiger partial charge on any atom is -0.465 e. The topological polar surface area (TPSA) is 89.8 Å². The summed E-state index contributed by atoms with van der Waals surface area (Å²) in [5.41, 5.74) is 2.69. The highest BCUT2D eigenvalue weighted by atomic mass is 32.1. The van der Waals surface area contributed by atoms with Gasteiger partial charge in [-0.05, 0) is 43.7 Å². The molecule has 1 aromatic heterocycles. The van der Waals surface area contributed by atoms with E-state index in [1.807, 2.05) is 19.1 Å². The molecule has 29 heavy (non-hydrogen) atoms. The number of amides is 2. The first-order valence-corrected chi connectivity index (χ1v) is 9.92. The molecular formula is C21H21N3O4S. The Morgan fingerprint density at radius 2 is 1.93 bits per heavy atom. The van der Waals surface area contributed by atoms with Gasteiger partial charge in [-0.2, -0.15) is 4.99 Å². The number of hydrogen-bond donors (Lipinski definition) is 1. The van der Waals surface area contributed by atoms with E-state index in [1.165, 1.54) is 18.3 Å². The molecule has 0 aliphatic heterocycles. The molecule has 0 radical (unpaired) electrons. The lowest BCUT2D eigenvalue weighted by Crippen LogP contribution is -2.23. The molecule has 0 aliphatic rings. The van der Waals surface area contributed by atoms with Crippen molar-refractivity contribution in [2.75, 3.05) is 11.9 Å². The highest BCUT2D eigenvalue weighted by Gasteiger charge is 2.14. The summed E-state index contributed by atoms with van der Waals surface area (Å²) in [6.45, 7) is 5.22. The van der Waals surface area contributed by atoms with Crippen molar-refractivity contribution in [1.29, 1.82) is 0 Å². The first-order chi connectivity index (χ1) is 13.9. The molecule has 0 bridgehead atoms. The van der Waals surface area contributed by atoms with E-state index in [9.17, 15) is 14.4 Å². The molecule has 0 saturated heterocycles. The quantitative estimate of drug-likeness (QED) is 0.653. The summed E-state index contributed by atoms with van der Waals surface area (Å²) in [4.78, 5) is 40.9. The van der Waals surface area contributed by atoms with Gasteiger partial charge in [0.05, 0.1) is 16.8 Å². The Kier molecular flexibility index (Phi) is 6.23. The van der Waals surface area contributed by atoms with Crippen LogP contribution in [0.1, 0.15) is 29.8 Å². The normalized spacial score (nSPS) is 11.5. The summed E-state index contributed by atoms with van der Waals surface area (Å²) in [5.74, 6) is -0.975.